The highest BCUT2D eigenvalue weighted by molar-refractivity contribution is 6.31. The molecule has 0 unspecified atom stereocenters. The zero-order chi connectivity index (χ0) is 18.9. The van der Waals surface area contributed by atoms with Gasteiger partial charge in [-0.1, -0.05) is 11.6 Å². The van der Waals surface area contributed by atoms with E-state index >= 15 is 0 Å². The molecule has 10 heteroatoms. The van der Waals surface area contributed by atoms with E-state index in [2.05, 4.69) is 20.6 Å². The number of rotatable bonds is 6. The van der Waals surface area contributed by atoms with Crippen LogP contribution in [0.25, 0.3) is 0 Å². The lowest BCUT2D eigenvalue weighted by Crippen LogP contribution is -2.15. The van der Waals surface area contributed by atoms with E-state index in [9.17, 15) is 18.0 Å². The van der Waals surface area contributed by atoms with Gasteiger partial charge in [0.15, 0.2) is 0 Å². The van der Waals surface area contributed by atoms with Crippen molar-refractivity contribution in [1.82, 2.24) is 9.97 Å². The third kappa shape index (κ3) is 4.54. The molecule has 1 aromatic carbocycles. The molecule has 0 atom stereocenters. The Morgan fingerprint density at radius 2 is 2.00 bits per heavy atom. The van der Waals surface area contributed by atoms with Crippen LogP contribution in [0.5, 0.6) is 0 Å². The van der Waals surface area contributed by atoms with Gasteiger partial charge in [-0.25, -0.2) is 4.98 Å². The molecule has 0 saturated heterocycles. The van der Waals surface area contributed by atoms with Crippen LogP contribution < -0.4 is 10.6 Å². The quantitative estimate of drug-likeness (QED) is 0.687. The lowest BCUT2D eigenvalue weighted by molar-refractivity contribution is -0.137. The minimum absolute atomic E-state index is 0.101. The lowest BCUT2D eigenvalue weighted by Gasteiger charge is -2.13. The van der Waals surface area contributed by atoms with E-state index in [0.29, 0.717) is 5.69 Å². The van der Waals surface area contributed by atoms with Gasteiger partial charge in [0.05, 0.1) is 16.3 Å². The fourth-order valence-corrected chi connectivity index (χ4v) is 2.54. The molecule has 2 aromatic rings. The van der Waals surface area contributed by atoms with Gasteiger partial charge in [-0.2, -0.15) is 18.2 Å². The van der Waals surface area contributed by atoms with Crippen LogP contribution in [-0.4, -0.2) is 27.6 Å². The molecular formula is C16H14ClF3N4O2. The Balaban J connectivity index is 1.88. The Bertz CT molecular complexity index is 841. The van der Waals surface area contributed by atoms with Gasteiger partial charge in [-0.15, -0.1) is 0 Å². The Morgan fingerprint density at radius 3 is 2.62 bits per heavy atom. The molecule has 1 fully saturated rings. The zero-order valence-corrected chi connectivity index (χ0v) is 14.0. The number of carboxylic acids is 1. The maximum absolute atomic E-state index is 13.0. The molecule has 0 aliphatic heterocycles. The molecular weight excluding hydrogens is 373 g/mol. The molecule has 1 saturated carbocycles. The fourth-order valence-electron chi connectivity index (χ4n) is 2.32. The summed E-state index contributed by atoms with van der Waals surface area (Å²) in [5, 5.41) is 13.7. The molecule has 1 aliphatic carbocycles. The molecule has 1 aliphatic rings. The molecule has 3 N–H and O–H groups in total. The maximum atomic E-state index is 13.0. The summed E-state index contributed by atoms with van der Waals surface area (Å²) >= 11 is 5.62. The largest absolute Gasteiger partial charge is 0.480 e. The van der Waals surface area contributed by atoms with E-state index in [0.717, 1.165) is 25.0 Å². The van der Waals surface area contributed by atoms with Gasteiger partial charge in [0.25, 0.3) is 0 Å². The number of aliphatic carboxylic acids is 1. The summed E-state index contributed by atoms with van der Waals surface area (Å²) in [5.74, 6) is -0.457. The summed E-state index contributed by atoms with van der Waals surface area (Å²) < 4.78 is 38.9. The topological polar surface area (TPSA) is 87.1 Å². The van der Waals surface area contributed by atoms with Crippen molar-refractivity contribution in [3.63, 3.8) is 0 Å². The molecule has 1 aromatic heterocycles. The van der Waals surface area contributed by atoms with Crippen LogP contribution in [0.3, 0.4) is 0 Å². The first-order valence-corrected chi connectivity index (χ1v) is 8.08. The highest BCUT2D eigenvalue weighted by Gasteiger charge is 2.33. The van der Waals surface area contributed by atoms with Gasteiger partial charge < -0.3 is 15.7 Å². The molecule has 3 rings (SSSR count). The minimum Gasteiger partial charge on any atom is -0.480 e. The van der Waals surface area contributed by atoms with Crippen LogP contribution >= 0.6 is 11.6 Å². The molecule has 26 heavy (non-hydrogen) atoms. The highest BCUT2D eigenvalue weighted by Crippen LogP contribution is 2.40. The molecule has 0 radical (unpaired) electrons. The Hall–Kier alpha value is -2.55. The number of hydrogen-bond donors (Lipinski definition) is 3. The van der Waals surface area contributed by atoms with Gasteiger partial charge in [0, 0.05) is 17.7 Å². The summed E-state index contributed by atoms with van der Waals surface area (Å²) in [6.45, 7) is -0.368. The molecule has 0 amide bonds. The third-order valence-electron chi connectivity index (χ3n) is 3.68. The van der Waals surface area contributed by atoms with Crippen molar-refractivity contribution in [2.45, 2.75) is 24.9 Å². The van der Waals surface area contributed by atoms with Crippen LogP contribution in [0.2, 0.25) is 5.02 Å². The first kappa shape index (κ1) is 18.2. The zero-order valence-electron chi connectivity index (χ0n) is 13.3. The predicted octanol–water partition coefficient (Wildman–Crippen LogP) is 4.27. The number of carbonyl (C=O) groups is 1. The number of hydrogen-bond acceptors (Lipinski definition) is 5. The Kier molecular flexibility index (Phi) is 4.90. The van der Waals surface area contributed by atoms with Crippen LogP contribution in [0.1, 0.15) is 30.0 Å². The van der Waals surface area contributed by atoms with E-state index < -0.39 is 22.7 Å². The Morgan fingerprint density at radius 1 is 1.27 bits per heavy atom. The van der Waals surface area contributed by atoms with Gasteiger partial charge in [0.1, 0.15) is 12.4 Å². The summed E-state index contributed by atoms with van der Waals surface area (Å²) in [5.41, 5.74) is -0.0865. The van der Waals surface area contributed by atoms with Gasteiger partial charge in [-0.05, 0) is 31.0 Å². The monoisotopic (exact) mass is 386 g/mol. The van der Waals surface area contributed by atoms with Crippen molar-refractivity contribution in [3.05, 3.63) is 40.5 Å². The van der Waals surface area contributed by atoms with Crippen molar-refractivity contribution in [2.24, 2.45) is 0 Å². The number of aromatic nitrogens is 2. The first-order valence-electron chi connectivity index (χ1n) is 7.71. The summed E-state index contributed by atoms with van der Waals surface area (Å²) in [4.78, 5) is 19.1. The molecule has 1 heterocycles. The summed E-state index contributed by atoms with van der Waals surface area (Å²) in [6.07, 6.45) is -2.67. The van der Waals surface area contributed by atoms with Crippen molar-refractivity contribution < 1.29 is 23.1 Å². The fraction of sp³-hybridized carbons (Fsp3) is 0.312. The van der Waals surface area contributed by atoms with Crippen LogP contribution in [-0.2, 0) is 11.0 Å². The van der Waals surface area contributed by atoms with E-state index in [-0.39, 0.29) is 29.9 Å². The van der Waals surface area contributed by atoms with Crippen molar-refractivity contribution in [3.8, 4) is 0 Å². The first-order chi connectivity index (χ1) is 12.2. The summed E-state index contributed by atoms with van der Waals surface area (Å²) in [7, 11) is 0. The second-order valence-corrected chi connectivity index (χ2v) is 6.25. The minimum atomic E-state index is -4.58. The standard InChI is InChI=1S/C16H14ClF3N4O2/c17-11-4-3-9(5-10(11)16(18,19)20)22-13-6-12(8-1-2-8)23-15(24-13)21-7-14(25)26/h3-6,8H,1-2,7H2,(H,25,26)(H2,21,22,23,24). The molecule has 138 valence electrons. The lowest BCUT2D eigenvalue weighted by atomic mass is 10.2. The number of benzene rings is 1. The van der Waals surface area contributed by atoms with Crippen LogP contribution in [0.4, 0.5) is 30.6 Å². The second-order valence-electron chi connectivity index (χ2n) is 5.84. The maximum Gasteiger partial charge on any atom is 0.417 e. The van der Waals surface area contributed by atoms with Gasteiger partial charge >= 0.3 is 12.1 Å². The van der Waals surface area contributed by atoms with E-state index in [1.54, 1.807) is 6.07 Å². The summed E-state index contributed by atoms with van der Waals surface area (Å²) in [6, 6.07) is 5.09. The van der Waals surface area contributed by atoms with E-state index in [1.807, 2.05) is 0 Å². The molecule has 6 nitrogen and oxygen atoms in total. The smallest absolute Gasteiger partial charge is 0.417 e. The van der Waals surface area contributed by atoms with Crippen molar-refractivity contribution >= 4 is 35.0 Å². The number of carboxylic acid groups (broad SMARTS) is 1. The highest BCUT2D eigenvalue weighted by atomic mass is 35.5. The van der Waals surface area contributed by atoms with Gasteiger partial charge in [-0.3, -0.25) is 4.79 Å². The SMILES string of the molecule is O=C(O)CNc1nc(Nc2ccc(Cl)c(C(F)(F)F)c2)cc(C2CC2)n1. The number of anilines is 3. The number of nitrogens with one attached hydrogen (secondary N) is 2. The van der Waals surface area contributed by atoms with E-state index in [1.165, 1.54) is 6.07 Å². The van der Waals surface area contributed by atoms with E-state index in [4.69, 9.17) is 16.7 Å². The van der Waals surface area contributed by atoms with Crippen molar-refractivity contribution in [1.29, 1.82) is 0 Å². The normalized spacial score (nSPS) is 14.2. The second kappa shape index (κ2) is 6.99. The van der Waals surface area contributed by atoms with Gasteiger partial charge in [0.2, 0.25) is 5.95 Å². The number of halogens is 4. The third-order valence-corrected chi connectivity index (χ3v) is 4.01. The Labute approximate surface area is 151 Å². The average Bonchev–Trinajstić information content (AvgIpc) is 3.38. The molecule has 0 bridgehead atoms. The van der Waals surface area contributed by atoms with Crippen LogP contribution in [0.15, 0.2) is 24.3 Å². The number of alkyl halides is 3. The molecule has 0 spiro atoms. The van der Waals surface area contributed by atoms with Crippen molar-refractivity contribution in [2.75, 3.05) is 17.2 Å². The average molecular weight is 387 g/mol. The number of nitrogens with zero attached hydrogens (tertiary/aromatic N) is 2. The predicted molar refractivity (Wildman–Crippen MR) is 89.9 cm³/mol. The van der Waals surface area contributed by atoms with Crippen LogP contribution in [0, 0.1) is 0 Å².